The number of hydrogen-bond donors (Lipinski definition) is 3. The highest BCUT2D eigenvalue weighted by molar-refractivity contribution is 6.01. The Kier molecular flexibility index (Phi) is 7.53. The molecule has 1 fully saturated rings. The monoisotopic (exact) mass is 421 g/mol. The predicted octanol–water partition coefficient (Wildman–Crippen LogP) is 1.54. The minimum Gasteiger partial charge on any atom is -0.480 e. The van der Waals surface area contributed by atoms with Gasteiger partial charge in [-0.05, 0) is 36.1 Å². The summed E-state index contributed by atoms with van der Waals surface area (Å²) in [4.78, 5) is 50.5. The van der Waals surface area contributed by atoms with Crippen molar-refractivity contribution in [1.29, 1.82) is 0 Å². The molecule has 3 atom stereocenters. The Labute approximate surface area is 174 Å². The second-order valence-corrected chi connectivity index (χ2v) is 8.18. The highest BCUT2D eigenvalue weighted by Crippen LogP contribution is 2.25. The first kappa shape index (κ1) is 23.3. The maximum atomic E-state index is 13.1. The molecule has 1 saturated heterocycles. The van der Waals surface area contributed by atoms with Crippen molar-refractivity contribution in [3.63, 3.8) is 0 Å². The molecule has 0 saturated carbocycles. The molecule has 1 heterocycles. The zero-order valence-electron chi connectivity index (χ0n) is 17.5. The van der Waals surface area contributed by atoms with Crippen molar-refractivity contribution in [3.8, 4) is 0 Å². The number of amides is 3. The average molecular weight is 421 g/mol. The summed E-state index contributed by atoms with van der Waals surface area (Å²) in [5, 5.41) is 14.4. The number of carbonyl (C=O) groups is 4. The highest BCUT2D eigenvalue weighted by atomic mass is 19.1. The molecular formula is C21H28FN3O5. The van der Waals surface area contributed by atoms with Gasteiger partial charge in [-0.2, -0.15) is 0 Å². The third kappa shape index (κ3) is 5.55. The first-order chi connectivity index (χ1) is 14.0. The van der Waals surface area contributed by atoms with Gasteiger partial charge in [0.2, 0.25) is 17.7 Å². The molecule has 1 aromatic carbocycles. The number of carboxylic acids is 1. The molecule has 0 aromatic heterocycles. The van der Waals surface area contributed by atoms with Crippen LogP contribution >= 0.6 is 0 Å². The molecule has 1 aliphatic rings. The quantitative estimate of drug-likeness (QED) is 0.589. The van der Waals surface area contributed by atoms with Crippen molar-refractivity contribution in [2.75, 3.05) is 11.4 Å². The summed E-state index contributed by atoms with van der Waals surface area (Å²) in [6.45, 7) is 6.94. The van der Waals surface area contributed by atoms with E-state index in [-0.39, 0.29) is 30.7 Å². The number of aliphatic carboxylic acids is 1. The standard InChI is InChI=1S/C21H28FN3O5/c1-11(2)17(20(28)24-18(12(3)4)21(29)30)23-19(27)13-9-16(26)25(10-13)15-7-5-14(22)6-8-15/h5-8,11-13,17-18H,9-10H2,1-4H3,(H,23,27)(H,24,28)(H,29,30)/t13?,17-,18-/m0/s1. The minimum absolute atomic E-state index is 0.0284. The molecular weight excluding hydrogens is 393 g/mol. The number of anilines is 1. The van der Waals surface area contributed by atoms with Crippen molar-refractivity contribution in [1.82, 2.24) is 10.6 Å². The molecule has 0 bridgehead atoms. The van der Waals surface area contributed by atoms with Crippen molar-refractivity contribution >= 4 is 29.4 Å². The van der Waals surface area contributed by atoms with Crippen LogP contribution in [-0.2, 0) is 19.2 Å². The van der Waals surface area contributed by atoms with Crippen LogP contribution in [0.15, 0.2) is 24.3 Å². The van der Waals surface area contributed by atoms with Crippen LogP contribution in [0.2, 0.25) is 0 Å². The number of benzene rings is 1. The van der Waals surface area contributed by atoms with Gasteiger partial charge in [-0.3, -0.25) is 14.4 Å². The zero-order chi connectivity index (χ0) is 22.6. The first-order valence-corrected chi connectivity index (χ1v) is 9.90. The normalized spacial score (nSPS) is 18.4. The summed E-state index contributed by atoms with van der Waals surface area (Å²) in [5.41, 5.74) is 0.496. The summed E-state index contributed by atoms with van der Waals surface area (Å²) in [7, 11) is 0. The number of nitrogens with one attached hydrogen (secondary N) is 2. The Morgan fingerprint density at radius 3 is 2.10 bits per heavy atom. The van der Waals surface area contributed by atoms with Crippen LogP contribution in [0.25, 0.3) is 0 Å². The lowest BCUT2D eigenvalue weighted by molar-refractivity contribution is -0.143. The van der Waals surface area contributed by atoms with E-state index in [1.165, 1.54) is 29.2 Å². The molecule has 1 aliphatic heterocycles. The molecule has 8 nitrogen and oxygen atoms in total. The SMILES string of the molecule is CC(C)[C@H](NC(=O)[C@@H](NC(=O)C1CC(=O)N(c2ccc(F)cc2)C1)C(C)C)C(=O)O. The average Bonchev–Trinajstić information content (AvgIpc) is 3.05. The second kappa shape index (κ2) is 9.69. The Morgan fingerprint density at radius 2 is 1.60 bits per heavy atom. The molecule has 2 rings (SSSR count). The molecule has 9 heteroatoms. The van der Waals surface area contributed by atoms with Gasteiger partial charge in [0.05, 0.1) is 5.92 Å². The summed E-state index contributed by atoms with van der Waals surface area (Å²) in [6, 6.07) is 3.41. The van der Waals surface area contributed by atoms with E-state index in [2.05, 4.69) is 10.6 Å². The predicted molar refractivity (Wildman–Crippen MR) is 108 cm³/mol. The summed E-state index contributed by atoms with van der Waals surface area (Å²) in [6.07, 6.45) is -0.0284. The summed E-state index contributed by atoms with van der Waals surface area (Å²) in [5.74, 6) is -4.17. The molecule has 164 valence electrons. The fourth-order valence-corrected chi connectivity index (χ4v) is 3.32. The van der Waals surface area contributed by atoms with Gasteiger partial charge in [0.1, 0.15) is 17.9 Å². The van der Waals surface area contributed by atoms with E-state index in [0.29, 0.717) is 5.69 Å². The minimum atomic E-state index is -1.15. The van der Waals surface area contributed by atoms with Crippen LogP contribution < -0.4 is 15.5 Å². The molecule has 1 unspecified atom stereocenters. The van der Waals surface area contributed by atoms with Crippen LogP contribution in [0.1, 0.15) is 34.1 Å². The van der Waals surface area contributed by atoms with Crippen LogP contribution in [0.4, 0.5) is 10.1 Å². The third-order valence-electron chi connectivity index (χ3n) is 5.11. The van der Waals surface area contributed by atoms with Gasteiger partial charge in [0.25, 0.3) is 0 Å². The Bertz CT molecular complexity index is 809. The van der Waals surface area contributed by atoms with E-state index in [4.69, 9.17) is 0 Å². The number of halogens is 1. The van der Waals surface area contributed by atoms with Crippen LogP contribution in [0, 0.1) is 23.6 Å². The molecule has 1 aromatic rings. The van der Waals surface area contributed by atoms with Crippen LogP contribution in [0.3, 0.4) is 0 Å². The number of carboxylic acid groups (broad SMARTS) is 1. The van der Waals surface area contributed by atoms with Crippen molar-refractivity contribution < 1.29 is 28.7 Å². The van der Waals surface area contributed by atoms with E-state index in [9.17, 15) is 28.7 Å². The van der Waals surface area contributed by atoms with Crippen LogP contribution in [0.5, 0.6) is 0 Å². The molecule has 0 spiro atoms. The number of hydrogen-bond acceptors (Lipinski definition) is 4. The lowest BCUT2D eigenvalue weighted by Crippen LogP contribution is -2.55. The van der Waals surface area contributed by atoms with E-state index in [1.54, 1.807) is 27.7 Å². The smallest absolute Gasteiger partial charge is 0.326 e. The number of carbonyl (C=O) groups excluding carboxylic acids is 3. The van der Waals surface area contributed by atoms with Gasteiger partial charge in [-0.1, -0.05) is 27.7 Å². The number of nitrogens with zero attached hydrogens (tertiary/aromatic N) is 1. The van der Waals surface area contributed by atoms with E-state index in [0.717, 1.165) is 0 Å². The van der Waals surface area contributed by atoms with Gasteiger partial charge in [0.15, 0.2) is 0 Å². The lowest BCUT2D eigenvalue weighted by Gasteiger charge is -2.26. The third-order valence-corrected chi connectivity index (χ3v) is 5.11. The second-order valence-electron chi connectivity index (χ2n) is 8.18. The molecule has 3 amide bonds. The Balaban J connectivity index is 2.06. The fourth-order valence-electron chi connectivity index (χ4n) is 3.32. The lowest BCUT2D eigenvalue weighted by atomic mass is 9.99. The maximum absolute atomic E-state index is 13.1. The topological polar surface area (TPSA) is 116 Å². The highest BCUT2D eigenvalue weighted by Gasteiger charge is 2.37. The number of rotatable bonds is 8. The van der Waals surface area contributed by atoms with Gasteiger partial charge in [-0.15, -0.1) is 0 Å². The van der Waals surface area contributed by atoms with Gasteiger partial charge in [0, 0.05) is 18.7 Å². The maximum Gasteiger partial charge on any atom is 0.326 e. The van der Waals surface area contributed by atoms with E-state index < -0.39 is 41.6 Å². The first-order valence-electron chi connectivity index (χ1n) is 9.90. The van der Waals surface area contributed by atoms with Gasteiger partial charge < -0.3 is 20.6 Å². The van der Waals surface area contributed by atoms with Crippen molar-refractivity contribution in [3.05, 3.63) is 30.1 Å². The van der Waals surface area contributed by atoms with E-state index >= 15 is 0 Å². The largest absolute Gasteiger partial charge is 0.480 e. The molecule has 0 radical (unpaired) electrons. The molecule has 30 heavy (non-hydrogen) atoms. The fraction of sp³-hybridized carbons (Fsp3) is 0.524. The summed E-state index contributed by atoms with van der Waals surface area (Å²) >= 11 is 0. The Morgan fingerprint density at radius 1 is 1.03 bits per heavy atom. The van der Waals surface area contributed by atoms with Crippen LogP contribution in [-0.4, -0.2) is 47.4 Å². The van der Waals surface area contributed by atoms with Gasteiger partial charge in [-0.25, -0.2) is 9.18 Å². The van der Waals surface area contributed by atoms with Gasteiger partial charge >= 0.3 is 5.97 Å². The summed E-state index contributed by atoms with van der Waals surface area (Å²) < 4.78 is 13.1. The van der Waals surface area contributed by atoms with Crippen molar-refractivity contribution in [2.24, 2.45) is 17.8 Å². The van der Waals surface area contributed by atoms with E-state index in [1.807, 2.05) is 0 Å². The molecule has 3 N–H and O–H groups in total. The zero-order valence-corrected chi connectivity index (χ0v) is 17.5. The van der Waals surface area contributed by atoms with Crippen molar-refractivity contribution in [2.45, 2.75) is 46.2 Å². The molecule has 0 aliphatic carbocycles. The Hall–Kier alpha value is -2.97.